The normalized spacial score (nSPS) is 16.1. The Morgan fingerprint density at radius 1 is 0.727 bits per heavy atom. The highest BCUT2D eigenvalue weighted by molar-refractivity contribution is 6.29. The number of benzene rings is 2. The lowest BCUT2D eigenvalue weighted by molar-refractivity contribution is 0.0977. The predicted molar refractivity (Wildman–Crippen MR) is 85.9 cm³/mol. The van der Waals surface area contributed by atoms with Gasteiger partial charge in [0.25, 0.3) is 0 Å². The SMILES string of the molecule is Cc1c2c(c(C)c3c1C(=O)c1ccccc1C3=O)CCCC2. The summed E-state index contributed by atoms with van der Waals surface area (Å²) in [6.45, 7) is 4.03. The third kappa shape index (κ3) is 1.61. The summed E-state index contributed by atoms with van der Waals surface area (Å²) >= 11 is 0. The minimum absolute atomic E-state index is 0.0131. The lowest BCUT2D eigenvalue weighted by Crippen LogP contribution is -2.26. The molecule has 2 heteroatoms. The molecule has 110 valence electrons. The molecule has 0 aliphatic heterocycles. The number of hydrogen-bond acceptors (Lipinski definition) is 2. The molecule has 2 aliphatic carbocycles. The van der Waals surface area contributed by atoms with Gasteiger partial charge in [-0.2, -0.15) is 0 Å². The summed E-state index contributed by atoms with van der Waals surface area (Å²) < 4.78 is 0. The molecule has 0 radical (unpaired) electrons. The van der Waals surface area contributed by atoms with Gasteiger partial charge in [0.2, 0.25) is 0 Å². The molecule has 0 spiro atoms. The summed E-state index contributed by atoms with van der Waals surface area (Å²) in [7, 11) is 0. The van der Waals surface area contributed by atoms with Crippen LogP contribution in [0.2, 0.25) is 0 Å². The molecule has 0 unspecified atom stereocenters. The topological polar surface area (TPSA) is 34.1 Å². The third-order valence-electron chi connectivity index (χ3n) is 5.24. The summed E-state index contributed by atoms with van der Waals surface area (Å²) in [5.74, 6) is 0.0262. The minimum Gasteiger partial charge on any atom is -0.289 e. The Kier molecular flexibility index (Phi) is 2.83. The predicted octanol–water partition coefficient (Wildman–Crippen LogP) is 3.96. The zero-order valence-electron chi connectivity index (χ0n) is 13.0. The van der Waals surface area contributed by atoms with E-state index in [2.05, 4.69) is 0 Å². The van der Waals surface area contributed by atoms with E-state index in [9.17, 15) is 9.59 Å². The van der Waals surface area contributed by atoms with Gasteiger partial charge in [0.15, 0.2) is 11.6 Å². The molecule has 2 aromatic rings. The highest BCUT2D eigenvalue weighted by Gasteiger charge is 2.34. The Morgan fingerprint density at radius 2 is 1.14 bits per heavy atom. The van der Waals surface area contributed by atoms with Gasteiger partial charge in [0.1, 0.15) is 0 Å². The van der Waals surface area contributed by atoms with E-state index >= 15 is 0 Å². The molecule has 2 aliphatic rings. The fourth-order valence-corrected chi connectivity index (χ4v) is 4.13. The van der Waals surface area contributed by atoms with Crippen LogP contribution in [0.25, 0.3) is 0 Å². The number of carbonyl (C=O) groups excluding carboxylic acids is 2. The highest BCUT2D eigenvalue weighted by atomic mass is 16.1. The molecule has 22 heavy (non-hydrogen) atoms. The lowest BCUT2D eigenvalue weighted by atomic mass is 9.74. The van der Waals surface area contributed by atoms with Gasteiger partial charge in [0, 0.05) is 22.3 Å². The highest BCUT2D eigenvalue weighted by Crippen LogP contribution is 2.38. The molecule has 0 atom stereocenters. The summed E-state index contributed by atoms with van der Waals surface area (Å²) in [5, 5.41) is 0. The molecule has 0 N–H and O–H groups in total. The monoisotopic (exact) mass is 290 g/mol. The van der Waals surface area contributed by atoms with Gasteiger partial charge < -0.3 is 0 Å². The van der Waals surface area contributed by atoms with Gasteiger partial charge in [-0.1, -0.05) is 24.3 Å². The number of ketones is 2. The molecule has 0 fully saturated rings. The first kappa shape index (κ1) is 13.4. The van der Waals surface area contributed by atoms with Gasteiger partial charge in [-0.05, 0) is 61.8 Å². The van der Waals surface area contributed by atoms with Crippen LogP contribution in [0.4, 0.5) is 0 Å². The van der Waals surface area contributed by atoms with E-state index in [1.807, 2.05) is 26.0 Å². The maximum atomic E-state index is 13.0. The number of carbonyl (C=O) groups is 2. The van der Waals surface area contributed by atoms with E-state index in [1.165, 1.54) is 24.0 Å². The van der Waals surface area contributed by atoms with Crippen molar-refractivity contribution in [1.29, 1.82) is 0 Å². The van der Waals surface area contributed by atoms with E-state index in [-0.39, 0.29) is 11.6 Å². The molecular formula is C20H18O2. The standard InChI is InChI=1S/C20H18O2/c1-11-13-7-3-4-8-14(13)12(2)18-17(11)19(21)15-9-5-6-10-16(15)20(18)22/h5-6,9-10H,3-4,7-8H2,1-2H3. The van der Waals surface area contributed by atoms with E-state index in [0.29, 0.717) is 22.3 Å². The summed E-state index contributed by atoms with van der Waals surface area (Å²) in [6.07, 6.45) is 4.40. The number of rotatable bonds is 0. The first-order chi connectivity index (χ1) is 10.6. The molecular weight excluding hydrogens is 272 g/mol. The maximum absolute atomic E-state index is 13.0. The quantitative estimate of drug-likeness (QED) is 0.628. The van der Waals surface area contributed by atoms with Crippen molar-refractivity contribution in [3.05, 3.63) is 68.8 Å². The number of fused-ring (bicyclic) bond motifs is 3. The van der Waals surface area contributed by atoms with Crippen LogP contribution in [0.5, 0.6) is 0 Å². The molecule has 0 amide bonds. The van der Waals surface area contributed by atoms with Crippen LogP contribution in [-0.2, 0) is 12.8 Å². The van der Waals surface area contributed by atoms with Crippen LogP contribution in [0.3, 0.4) is 0 Å². The van der Waals surface area contributed by atoms with Crippen molar-refractivity contribution in [2.45, 2.75) is 39.5 Å². The second kappa shape index (κ2) is 4.64. The van der Waals surface area contributed by atoms with Crippen molar-refractivity contribution in [2.75, 3.05) is 0 Å². The average molecular weight is 290 g/mol. The van der Waals surface area contributed by atoms with Gasteiger partial charge in [-0.15, -0.1) is 0 Å². The van der Waals surface area contributed by atoms with Crippen LogP contribution in [0, 0.1) is 13.8 Å². The Bertz CT molecular complexity index is 773. The first-order valence-corrected chi connectivity index (χ1v) is 7.94. The van der Waals surface area contributed by atoms with Gasteiger partial charge in [0.05, 0.1) is 0 Å². The Labute approximate surface area is 130 Å². The van der Waals surface area contributed by atoms with Gasteiger partial charge in [-0.3, -0.25) is 9.59 Å². The largest absolute Gasteiger partial charge is 0.289 e. The molecule has 0 saturated heterocycles. The minimum atomic E-state index is 0.0131. The smallest absolute Gasteiger partial charge is 0.194 e. The van der Waals surface area contributed by atoms with Crippen LogP contribution in [0.15, 0.2) is 24.3 Å². The molecule has 0 aromatic heterocycles. The van der Waals surface area contributed by atoms with Crippen molar-refractivity contribution in [1.82, 2.24) is 0 Å². The molecule has 2 nitrogen and oxygen atoms in total. The maximum Gasteiger partial charge on any atom is 0.194 e. The van der Waals surface area contributed by atoms with Crippen molar-refractivity contribution in [2.24, 2.45) is 0 Å². The zero-order valence-corrected chi connectivity index (χ0v) is 13.0. The molecule has 0 bridgehead atoms. The lowest BCUT2D eigenvalue weighted by Gasteiger charge is -2.28. The van der Waals surface area contributed by atoms with E-state index in [4.69, 9.17) is 0 Å². The second-order valence-corrected chi connectivity index (χ2v) is 6.37. The summed E-state index contributed by atoms with van der Waals surface area (Å²) in [5.41, 5.74) is 7.09. The van der Waals surface area contributed by atoms with Gasteiger partial charge in [-0.25, -0.2) is 0 Å². The summed E-state index contributed by atoms with van der Waals surface area (Å²) in [6, 6.07) is 7.20. The first-order valence-electron chi connectivity index (χ1n) is 7.94. The zero-order chi connectivity index (χ0) is 15.4. The molecule has 0 heterocycles. The van der Waals surface area contributed by atoms with Crippen LogP contribution in [-0.4, -0.2) is 11.6 Å². The van der Waals surface area contributed by atoms with Crippen molar-refractivity contribution in [3.63, 3.8) is 0 Å². The number of hydrogen-bond donors (Lipinski definition) is 0. The molecule has 4 rings (SSSR count). The van der Waals surface area contributed by atoms with Crippen LogP contribution >= 0.6 is 0 Å². The van der Waals surface area contributed by atoms with Crippen LogP contribution < -0.4 is 0 Å². The fraction of sp³-hybridized carbons (Fsp3) is 0.300. The van der Waals surface area contributed by atoms with Crippen molar-refractivity contribution >= 4 is 11.6 Å². The Morgan fingerprint density at radius 3 is 1.55 bits per heavy atom. The Hall–Kier alpha value is -2.22. The third-order valence-corrected chi connectivity index (χ3v) is 5.24. The second-order valence-electron chi connectivity index (χ2n) is 6.37. The fourth-order valence-electron chi connectivity index (χ4n) is 4.13. The Balaban J connectivity index is 2.09. The van der Waals surface area contributed by atoms with Gasteiger partial charge >= 0.3 is 0 Å². The van der Waals surface area contributed by atoms with Crippen molar-refractivity contribution in [3.8, 4) is 0 Å². The van der Waals surface area contributed by atoms with E-state index < -0.39 is 0 Å². The van der Waals surface area contributed by atoms with E-state index in [1.54, 1.807) is 12.1 Å². The van der Waals surface area contributed by atoms with E-state index in [0.717, 1.165) is 24.0 Å². The molecule has 0 saturated carbocycles. The molecule has 2 aromatic carbocycles. The van der Waals surface area contributed by atoms with Crippen molar-refractivity contribution < 1.29 is 9.59 Å². The summed E-state index contributed by atoms with van der Waals surface area (Å²) in [4.78, 5) is 25.9. The average Bonchev–Trinajstić information content (AvgIpc) is 2.56. The van der Waals surface area contributed by atoms with Crippen LogP contribution in [0.1, 0.15) is 66.9 Å².